The summed E-state index contributed by atoms with van der Waals surface area (Å²) >= 11 is 0. The number of aromatic nitrogens is 3. The van der Waals surface area contributed by atoms with Crippen LogP contribution in [0, 0.1) is 10.1 Å². The Balaban J connectivity index is 1.43. The van der Waals surface area contributed by atoms with Gasteiger partial charge in [-0.15, -0.1) is 0 Å². The number of hydrogen-bond donors (Lipinski definition) is 1. The van der Waals surface area contributed by atoms with Crippen LogP contribution in [-0.4, -0.2) is 32.2 Å². The zero-order valence-corrected chi connectivity index (χ0v) is 14.3. The molecule has 1 amide bonds. The molecule has 3 aromatic rings. The van der Waals surface area contributed by atoms with Crippen molar-refractivity contribution >= 4 is 17.3 Å². The Kier molecular flexibility index (Phi) is 5.73. The van der Waals surface area contributed by atoms with Gasteiger partial charge >= 0.3 is 0 Å². The molecule has 138 valence electrons. The van der Waals surface area contributed by atoms with E-state index in [1.54, 1.807) is 11.0 Å². The number of nitro benzene ring substituents is 1. The molecule has 0 saturated carbocycles. The molecule has 0 unspecified atom stereocenters. The molecule has 0 spiro atoms. The van der Waals surface area contributed by atoms with Crippen LogP contribution in [0.5, 0.6) is 5.75 Å². The highest BCUT2D eigenvalue weighted by atomic mass is 16.6. The molecule has 0 aliphatic heterocycles. The number of amides is 1. The number of carbonyl (C=O) groups excluding carboxylic acids is 1. The van der Waals surface area contributed by atoms with Gasteiger partial charge in [-0.3, -0.25) is 14.9 Å². The van der Waals surface area contributed by atoms with Crippen LogP contribution >= 0.6 is 0 Å². The molecule has 9 nitrogen and oxygen atoms in total. The molecular formula is C18H17N5O4. The van der Waals surface area contributed by atoms with Crippen molar-refractivity contribution in [1.29, 1.82) is 0 Å². The second kappa shape index (κ2) is 8.56. The highest BCUT2D eigenvalue weighted by Crippen LogP contribution is 2.17. The zero-order valence-electron chi connectivity index (χ0n) is 14.3. The summed E-state index contributed by atoms with van der Waals surface area (Å²) in [5.41, 5.74) is 1.73. The number of nitro groups is 1. The molecule has 0 saturated heterocycles. The van der Waals surface area contributed by atoms with Gasteiger partial charge in [0.15, 0.2) is 0 Å². The highest BCUT2D eigenvalue weighted by molar-refractivity contribution is 5.90. The predicted molar refractivity (Wildman–Crippen MR) is 97.4 cm³/mol. The first-order valence-electron chi connectivity index (χ1n) is 8.18. The minimum atomic E-state index is -0.478. The van der Waals surface area contributed by atoms with E-state index in [1.165, 1.54) is 30.6 Å². The third-order valence-electron chi connectivity index (χ3n) is 3.69. The number of benzene rings is 2. The van der Waals surface area contributed by atoms with Crippen LogP contribution in [0.3, 0.4) is 0 Å². The van der Waals surface area contributed by atoms with E-state index < -0.39 is 4.92 Å². The first-order chi connectivity index (χ1) is 13.1. The lowest BCUT2D eigenvalue weighted by Crippen LogP contribution is -2.15. The fourth-order valence-electron chi connectivity index (χ4n) is 2.34. The van der Waals surface area contributed by atoms with Crippen molar-refractivity contribution in [2.45, 2.75) is 13.0 Å². The maximum atomic E-state index is 12.0. The molecule has 9 heteroatoms. The average molecular weight is 367 g/mol. The maximum Gasteiger partial charge on any atom is 0.269 e. The van der Waals surface area contributed by atoms with E-state index in [1.807, 2.05) is 24.3 Å². The summed E-state index contributed by atoms with van der Waals surface area (Å²) in [5, 5.41) is 17.4. The molecule has 0 aliphatic rings. The minimum Gasteiger partial charge on any atom is -0.493 e. The van der Waals surface area contributed by atoms with Crippen molar-refractivity contribution in [2.75, 3.05) is 11.9 Å². The lowest BCUT2D eigenvalue weighted by molar-refractivity contribution is -0.384. The van der Waals surface area contributed by atoms with Crippen LogP contribution < -0.4 is 10.1 Å². The topological polar surface area (TPSA) is 112 Å². The summed E-state index contributed by atoms with van der Waals surface area (Å²) in [4.78, 5) is 26.0. The molecule has 1 N–H and O–H groups in total. The predicted octanol–water partition coefficient (Wildman–Crippen LogP) is 2.64. The standard InChI is InChI=1S/C18H17N5O4/c24-18(9-10-27-17-7-5-16(6-8-17)23(25)26)21-15-3-1-14(2-4-15)11-22-13-19-12-20-22/h1-8,12-13H,9-11H2,(H,21,24). The quantitative estimate of drug-likeness (QED) is 0.484. The molecule has 0 fully saturated rings. The largest absolute Gasteiger partial charge is 0.493 e. The van der Waals surface area contributed by atoms with Gasteiger partial charge in [-0.05, 0) is 29.8 Å². The van der Waals surface area contributed by atoms with E-state index in [9.17, 15) is 14.9 Å². The minimum absolute atomic E-state index is 0.00707. The molecular weight excluding hydrogens is 350 g/mol. The van der Waals surface area contributed by atoms with Gasteiger partial charge in [-0.2, -0.15) is 5.10 Å². The van der Waals surface area contributed by atoms with Gasteiger partial charge in [0.2, 0.25) is 5.91 Å². The molecule has 0 radical (unpaired) electrons. The second-order valence-corrected chi connectivity index (χ2v) is 5.69. The number of carbonyl (C=O) groups is 1. The van der Waals surface area contributed by atoms with Gasteiger partial charge < -0.3 is 10.1 Å². The number of anilines is 1. The molecule has 0 bridgehead atoms. The van der Waals surface area contributed by atoms with Crippen LogP contribution in [0.1, 0.15) is 12.0 Å². The van der Waals surface area contributed by atoms with E-state index >= 15 is 0 Å². The Morgan fingerprint density at radius 2 is 1.89 bits per heavy atom. The summed E-state index contributed by atoms with van der Waals surface area (Å²) in [6.07, 6.45) is 3.28. The van der Waals surface area contributed by atoms with E-state index in [2.05, 4.69) is 15.4 Å². The van der Waals surface area contributed by atoms with Gasteiger partial charge in [0.05, 0.1) is 24.5 Å². The number of nitrogens with zero attached hydrogens (tertiary/aromatic N) is 4. The summed E-state index contributed by atoms with van der Waals surface area (Å²) in [7, 11) is 0. The van der Waals surface area contributed by atoms with E-state index in [0.29, 0.717) is 18.0 Å². The summed E-state index contributed by atoms with van der Waals surface area (Å²) in [5.74, 6) is 0.298. The molecule has 27 heavy (non-hydrogen) atoms. The Morgan fingerprint density at radius 3 is 2.52 bits per heavy atom. The van der Waals surface area contributed by atoms with Gasteiger partial charge in [0.1, 0.15) is 18.4 Å². The van der Waals surface area contributed by atoms with E-state index in [-0.39, 0.29) is 24.6 Å². The first-order valence-corrected chi connectivity index (χ1v) is 8.18. The van der Waals surface area contributed by atoms with Crippen LogP contribution in [-0.2, 0) is 11.3 Å². The van der Waals surface area contributed by atoms with Gasteiger partial charge in [0, 0.05) is 17.8 Å². The van der Waals surface area contributed by atoms with Crippen LogP contribution in [0.25, 0.3) is 0 Å². The van der Waals surface area contributed by atoms with Crippen molar-refractivity contribution in [3.05, 3.63) is 76.9 Å². The molecule has 2 aromatic carbocycles. The van der Waals surface area contributed by atoms with Crippen molar-refractivity contribution in [3.63, 3.8) is 0 Å². The monoisotopic (exact) mass is 367 g/mol. The SMILES string of the molecule is O=C(CCOc1ccc([N+](=O)[O-])cc1)Nc1ccc(Cn2cncn2)cc1. The maximum absolute atomic E-state index is 12.0. The lowest BCUT2D eigenvalue weighted by Gasteiger charge is -2.08. The van der Waals surface area contributed by atoms with Crippen LogP contribution in [0.2, 0.25) is 0 Å². The fraction of sp³-hybridized carbons (Fsp3) is 0.167. The highest BCUT2D eigenvalue weighted by Gasteiger charge is 2.06. The molecule has 1 heterocycles. The molecule has 0 aliphatic carbocycles. The molecule has 3 rings (SSSR count). The number of non-ortho nitro benzene ring substituents is 1. The third kappa shape index (κ3) is 5.36. The van der Waals surface area contributed by atoms with Gasteiger partial charge in [-0.25, -0.2) is 9.67 Å². The van der Waals surface area contributed by atoms with Crippen LogP contribution in [0.4, 0.5) is 11.4 Å². The Bertz CT molecular complexity index is 893. The van der Waals surface area contributed by atoms with Gasteiger partial charge in [0.25, 0.3) is 5.69 Å². The summed E-state index contributed by atoms with van der Waals surface area (Å²) in [6.45, 7) is 0.783. The normalized spacial score (nSPS) is 10.4. The Hall–Kier alpha value is -3.75. The third-order valence-corrected chi connectivity index (χ3v) is 3.69. The van der Waals surface area contributed by atoms with Crippen molar-refractivity contribution in [3.8, 4) is 5.75 Å². The number of hydrogen-bond acceptors (Lipinski definition) is 6. The number of rotatable bonds is 8. The van der Waals surface area contributed by atoms with Crippen molar-refractivity contribution < 1.29 is 14.5 Å². The van der Waals surface area contributed by atoms with Crippen molar-refractivity contribution in [1.82, 2.24) is 14.8 Å². The van der Waals surface area contributed by atoms with Crippen molar-refractivity contribution in [2.24, 2.45) is 0 Å². The van der Waals surface area contributed by atoms with Crippen LogP contribution in [0.15, 0.2) is 61.2 Å². The molecule has 0 atom stereocenters. The Morgan fingerprint density at radius 1 is 1.15 bits per heavy atom. The fourth-order valence-corrected chi connectivity index (χ4v) is 2.34. The average Bonchev–Trinajstić information content (AvgIpc) is 3.17. The number of ether oxygens (including phenoxy) is 1. The van der Waals surface area contributed by atoms with Gasteiger partial charge in [-0.1, -0.05) is 12.1 Å². The second-order valence-electron chi connectivity index (χ2n) is 5.69. The first kappa shape index (κ1) is 18.1. The van der Waals surface area contributed by atoms with E-state index in [4.69, 9.17) is 4.74 Å². The number of nitrogens with one attached hydrogen (secondary N) is 1. The summed E-state index contributed by atoms with van der Waals surface area (Å²) < 4.78 is 7.14. The smallest absolute Gasteiger partial charge is 0.269 e. The summed E-state index contributed by atoms with van der Waals surface area (Å²) in [6, 6.07) is 13.2. The molecule has 1 aromatic heterocycles. The van der Waals surface area contributed by atoms with E-state index in [0.717, 1.165) is 5.56 Å². The Labute approximate surface area is 154 Å². The lowest BCUT2D eigenvalue weighted by atomic mass is 10.2. The zero-order chi connectivity index (χ0) is 19.1.